The zero-order valence-electron chi connectivity index (χ0n) is 14.7. The van der Waals surface area contributed by atoms with Crippen LogP contribution in [0.4, 0.5) is 0 Å². The summed E-state index contributed by atoms with van der Waals surface area (Å²) in [6.45, 7) is 1.26. The van der Waals surface area contributed by atoms with Crippen LogP contribution in [0.2, 0.25) is 0 Å². The molecule has 1 heterocycles. The van der Waals surface area contributed by atoms with Crippen molar-refractivity contribution >= 4 is 16.9 Å². The number of esters is 1. The predicted molar refractivity (Wildman–Crippen MR) is 98.1 cm³/mol. The van der Waals surface area contributed by atoms with E-state index in [1.807, 2.05) is 31.2 Å². The molecular formula is C20H17N3O4. The standard InChI is InChI=1S/C20H17N3O4/c1-14-5-4-6-15(11-14)26-13-19(24)27-12-18-22-17-8-3-2-7-16(17)20(25)23(18)10-9-21/h2-8,11H,10,12-13H2,1H3. The molecule has 0 fully saturated rings. The second-order valence-corrected chi connectivity index (χ2v) is 5.86. The Morgan fingerprint density at radius 1 is 1.22 bits per heavy atom. The van der Waals surface area contributed by atoms with Gasteiger partial charge in [0.05, 0.1) is 17.0 Å². The molecule has 0 unspecified atom stereocenters. The van der Waals surface area contributed by atoms with E-state index in [0.29, 0.717) is 16.7 Å². The average molecular weight is 363 g/mol. The van der Waals surface area contributed by atoms with Crippen LogP contribution in [-0.2, 0) is 22.7 Å². The molecule has 0 saturated heterocycles. The van der Waals surface area contributed by atoms with E-state index < -0.39 is 5.97 Å². The lowest BCUT2D eigenvalue weighted by Gasteiger charge is -2.11. The number of ether oxygens (including phenoxy) is 2. The summed E-state index contributed by atoms with van der Waals surface area (Å²) in [7, 11) is 0. The molecule has 7 nitrogen and oxygen atoms in total. The van der Waals surface area contributed by atoms with Gasteiger partial charge in [0.2, 0.25) is 0 Å². The van der Waals surface area contributed by atoms with Crippen LogP contribution in [0.15, 0.2) is 53.3 Å². The first-order valence-electron chi connectivity index (χ1n) is 8.29. The quantitative estimate of drug-likeness (QED) is 0.624. The monoisotopic (exact) mass is 363 g/mol. The Hall–Kier alpha value is -3.66. The number of fused-ring (bicyclic) bond motifs is 1. The fourth-order valence-corrected chi connectivity index (χ4v) is 2.59. The number of benzene rings is 2. The molecule has 1 aromatic heterocycles. The third kappa shape index (κ3) is 4.30. The van der Waals surface area contributed by atoms with Crippen LogP contribution in [0.3, 0.4) is 0 Å². The molecule has 27 heavy (non-hydrogen) atoms. The SMILES string of the molecule is Cc1cccc(OCC(=O)OCc2nc3ccccc3c(=O)n2CC#N)c1. The molecule has 0 N–H and O–H groups in total. The summed E-state index contributed by atoms with van der Waals surface area (Å²) in [5.41, 5.74) is 1.16. The highest BCUT2D eigenvalue weighted by Crippen LogP contribution is 2.12. The van der Waals surface area contributed by atoms with Crippen LogP contribution in [-0.4, -0.2) is 22.1 Å². The van der Waals surface area contributed by atoms with Gasteiger partial charge in [-0.25, -0.2) is 9.78 Å². The minimum atomic E-state index is -0.595. The third-order valence-electron chi connectivity index (χ3n) is 3.88. The minimum absolute atomic E-state index is 0.177. The number of carbonyl (C=O) groups is 1. The highest BCUT2D eigenvalue weighted by atomic mass is 16.6. The van der Waals surface area contributed by atoms with E-state index in [2.05, 4.69) is 4.98 Å². The maximum absolute atomic E-state index is 12.5. The van der Waals surface area contributed by atoms with Gasteiger partial charge in [0.1, 0.15) is 18.9 Å². The third-order valence-corrected chi connectivity index (χ3v) is 3.88. The summed E-state index contributed by atoms with van der Waals surface area (Å²) in [5.74, 6) is 0.184. The molecule has 0 atom stereocenters. The highest BCUT2D eigenvalue weighted by molar-refractivity contribution is 5.77. The van der Waals surface area contributed by atoms with Gasteiger partial charge in [-0.15, -0.1) is 0 Å². The lowest BCUT2D eigenvalue weighted by molar-refractivity contribution is -0.147. The molecule has 136 valence electrons. The van der Waals surface area contributed by atoms with Crippen molar-refractivity contribution in [2.24, 2.45) is 0 Å². The molecule has 0 bridgehead atoms. The molecule has 0 aliphatic heterocycles. The molecule has 0 saturated carbocycles. The van der Waals surface area contributed by atoms with Gasteiger partial charge in [-0.2, -0.15) is 5.26 Å². The van der Waals surface area contributed by atoms with Crippen molar-refractivity contribution in [2.75, 3.05) is 6.61 Å². The topological polar surface area (TPSA) is 94.2 Å². The fourth-order valence-electron chi connectivity index (χ4n) is 2.59. The zero-order valence-corrected chi connectivity index (χ0v) is 14.7. The van der Waals surface area contributed by atoms with Gasteiger partial charge in [-0.3, -0.25) is 9.36 Å². The van der Waals surface area contributed by atoms with E-state index in [9.17, 15) is 9.59 Å². The molecule has 2 aromatic carbocycles. The number of hydrogen-bond donors (Lipinski definition) is 0. The molecule has 3 aromatic rings. The Morgan fingerprint density at radius 2 is 2.04 bits per heavy atom. The van der Waals surface area contributed by atoms with Crippen molar-refractivity contribution in [1.29, 1.82) is 5.26 Å². The number of aromatic nitrogens is 2. The minimum Gasteiger partial charge on any atom is -0.482 e. The largest absolute Gasteiger partial charge is 0.482 e. The molecule has 0 radical (unpaired) electrons. The molecule has 0 aliphatic rings. The van der Waals surface area contributed by atoms with E-state index in [4.69, 9.17) is 14.7 Å². The first-order valence-corrected chi connectivity index (χ1v) is 8.29. The van der Waals surface area contributed by atoms with E-state index in [1.165, 1.54) is 4.57 Å². The van der Waals surface area contributed by atoms with E-state index in [-0.39, 0.29) is 31.1 Å². The van der Waals surface area contributed by atoms with E-state index in [0.717, 1.165) is 5.56 Å². The number of nitrogens with zero attached hydrogens (tertiary/aromatic N) is 3. The normalized spacial score (nSPS) is 10.4. The maximum Gasteiger partial charge on any atom is 0.344 e. The number of rotatable bonds is 6. The van der Waals surface area contributed by atoms with Crippen molar-refractivity contribution in [2.45, 2.75) is 20.1 Å². The smallest absolute Gasteiger partial charge is 0.344 e. The summed E-state index contributed by atoms with van der Waals surface area (Å²) in [5, 5.41) is 9.39. The van der Waals surface area contributed by atoms with Gasteiger partial charge in [0.25, 0.3) is 5.56 Å². The number of hydrogen-bond acceptors (Lipinski definition) is 6. The Bertz CT molecular complexity index is 1080. The van der Waals surface area contributed by atoms with Gasteiger partial charge in [0, 0.05) is 0 Å². The predicted octanol–water partition coefficient (Wildman–Crippen LogP) is 2.35. The van der Waals surface area contributed by atoms with Crippen molar-refractivity contribution in [3.63, 3.8) is 0 Å². The molecule has 0 spiro atoms. The van der Waals surface area contributed by atoms with Crippen molar-refractivity contribution in [3.8, 4) is 11.8 Å². The van der Waals surface area contributed by atoms with Crippen molar-refractivity contribution in [1.82, 2.24) is 9.55 Å². The van der Waals surface area contributed by atoms with E-state index >= 15 is 0 Å². The van der Waals surface area contributed by atoms with Crippen molar-refractivity contribution < 1.29 is 14.3 Å². The summed E-state index contributed by atoms with van der Waals surface area (Å²) in [4.78, 5) is 28.8. The Kier molecular flexibility index (Phi) is 5.47. The Morgan fingerprint density at radius 3 is 2.81 bits per heavy atom. The number of aryl methyl sites for hydroxylation is 1. The fraction of sp³-hybridized carbons (Fsp3) is 0.200. The van der Waals surface area contributed by atoms with Crippen LogP contribution in [0.5, 0.6) is 5.75 Å². The van der Waals surface area contributed by atoms with Crippen LogP contribution >= 0.6 is 0 Å². The van der Waals surface area contributed by atoms with E-state index in [1.54, 1.807) is 30.3 Å². The summed E-state index contributed by atoms with van der Waals surface area (Å²) >= 11 is 0. The van der Waals surface area contributed by atoms with Gasteiger partial charge in [0.15, 0.2) is 12.4 Å². The maximum atomic E-state index is 12.5. The first-order chi connectivity index (χ1) is 13.1. The van der Waals surface area contributed by atoms with Crippen molar-refractivity contribution in [3.05, 3.63) is 70.3 Å². The van der Waals surface area contributed by atoms with Crippen LogP contribution in [0.25, 0.3) is 10.9 Å². The molecule has 7 heteroatoms. The first kappa shape index (κ1) is 18.1. The molecule has 0 aliphatic carbocycles. The summed E-state index contributed by atoms with van der Waals surface area (Å²) in [6, 6.07) is 16.1. The molecule has 3 rings (SSSR count). The van der Waals surface area contributed by atoms with Gasteiger partial charge in [-0.05, 0) is 36.8 Å². The molecule has 0 amide bonds. The second kappa shape index (κ2) is 8.15. The van der Waals surface area contributed by atoms with Gasteiger partial charge in [-0.1, -0.05) is 24.3 Å². The number of nitriles is 1. The Balaban J connectivity index is 1.72. The average Bonchev–Trinajstić information content (AvgIpc) is 2.67. The van der Waals surface area contributed by atoms with Crippen LogP contribution < -0.4 is 10.3 Å². The molecular weight excluding hydrogens is 346 g/mol. The van der Waals surface area contributed by atoms with Crippen LogP contribution in [0, 0.1) is 18.3 Å². The summed E-state index contributed by atoms with van der Waals surface area (Å²) < 4.78 is 11.8. The Labute approximate surface area is 155 Å². The second-order valence-electron chi connectivity index (χ2n) is 5.86. The van der Waals surface area contributed by atoms with Crippen LogP contribution in [0.1, 0.15) is 11.4 Å². The zero-order chi connectivity index (χ0) is 19.2. The lowest BCUT2D eigenvalue weighted by atomic mass is 10.2. The lowest BCUT2D eigenvalue weighted by Crippen LogP contribution is -2.26. The van der Waals surface area contributed by atoms with Gasteiger partial charge >= 0.3 is 5.97 Å². The summed E-state index contributed by atoms with van der Waals surface area (Å²) in [6.07, 6.45) is 0. The number of para-hydroxylation sites is 1. The number of carbonyl (C=O) groups excluding carboxylic acids is 1. The highest BCUT2D eigenvalue weighted by Gasteiger charge is 2.13. The van der Waals surface area contributed by atoms with Gasteiger partial charge < -0.3 is 9.47 Å².